The van der Waals surface area contributed by atoms with E-state index in [4.69, 9.17) is 30.5 Å². The normalized spacial score (nSPS) is 11.6. The molecule has 13 heteroatoms. The number of nitrogens with one attached hydrogen (secondary N) is 1. The number of anilines is 1. The van der Waals surface area contributed by atoms with Crippen LogP contribution in [0.2, 0.25) is 5.02 Å². The van der Waals surface area contributed by atoms with Gasteiger partial charge in [0.1, 0.15) is 24.1 Å². The van der Waals surface area contributed by atoms with Gasteiger partial charge in [-0.1, -0.05) is 54.1 Å². The number of sulfonamides is 1. The zero-order valence-electron chi connectivity index (χ0n) is 27.3. The Labute approximate surface area is 286 Å². The smallest absolute Gasteiger partial charge is 0.265 e. The molecule has 0 aliphatic heterocycles. The van der Waals surface area contributed by atoms with Gasteiger partial charge in [0, 0.05) is 37.2 Å². The van der Waals surface area contributed by atoms with Crippen LogP contribution in [0.4, 0.5) is 5.69 Å². The van der Waals surface area contributed by atoms with Gasteiger partial charge in [-0.15, -0.1) is 0 Å². The molecule has 0 aliphatic carbocycles. The van der Waals surface area contributed by atoms with Crippen LogP contribution in [-0.2, 0) is 32.6 Å². The SMILES string of the molecule is CNC(=O)[C@@H](Cc1ccccc1)N(Cc1cccc(Cl)c1)C(=O)CN(c1cc(OC)ccc1OC)S(=O)(=O)c1ccc(OC)c(OC)c1. The fraction of sp³-hybridized carbons (Fsp3) is 0.257. The Morgan fingerprint density at radius 2 is 1.44 bits per heavy atom. The molecule has 254 valence electrons. The standard InChI is InChI=1S/C35H38ClN3O8S/c1-37-35(41)30(19-24-10-7-6-8-11-24)38(22-25-12-9-13-26(36)18-25)34(40)23-39(29-20-27(44-2)14-16-31(29)45-3)48(42,43)28-15-17-32(46-4)33(21-28)47-5/h6-18,20-21,30H,19,22-23H2,1-5H3,(H,37,41)/t30-/m1/s1. The average Bonchev–Trinajstić information content (AvgIpc) is 3.11. The molecule has 1 atom stereocenters. The van der Waals surface area contributed by atoms with Crippen LogP contribution >= 0.6 is 11.6 Å². The Balaban J connectivity index is 1.88. The van der Waals surface area contributed by atoms with E-state index in [1.54, 1.807) is 36.4 Å². The second-order valence-electron chi connectivity index (χ2n) is 10.5. The summed E-state index contributed by atoms with van der Waals surface area (Å²) >= 11 is 6.29. The van der Waals surface area contributed by atoms with Gasteiger partial charge in [-0.2, -0.15) is 0 Å². The first kappa shape index (κ1) is 35.9. The highest BCUT2D eigenvalue weighted by molar-refractivity contribution is 7.92. The van der Waals surface area contributed by atoms with Crippen LogP contribution in [0.25, 0.3) is 0 Å². The summed E-state index contributed by atoms with van der Waals surface area (Å²) in [6.07, 6.45) is 0.164. The van der Waals surface area contributed by atoms with E-state index < -0.39 is 34.4 Å². The number of amides is 2. The summed E-state index contributed by atoms with van der Waals surface area (Å²) < 4.78 is 51.7. The third kappa shape index (κ3) is 8.31. The van der Waals surface area contributed by atoms with Crippen molar-refractivity contribution in [2.75, 3.05) is 46.3 Å². The van der Waals surface area contributed by atoms with Crippen LogP contribution in [0, 0.1) is 0 Å². The molecule has 0 radical (unpaired) electrons. The first-order valence-corrected chi connectivity index (χ1v) is 16.6. The molecule has 0 bridgehead atoms. The molecule has 0 saturated carbocycles. The highest BCUT2D eigenvalue weighted by Gasteiger charge is 2.36. The first-order valence-electron chi connectivity index (χ1n) is 14.8. The fourth-order valence-electron chi connectivity index (χ4n) is 5.16. The number of nitrogens with zero attached hydrogens (tertiary/aromatic N) is 2. The number of likely N-dealkylation sites (N-methyl/N-ethyl adjacent to an activating group) is 1. The van der Waals surface area contributed by atoms with Gasteiger partial charge >= 0.3 is 0 Å². The number of hydrogen-bond donors (Lipinski definition) is 1. The Morgan fingerprint density at radius 1 is 0.771 bits per heavy atom. The van der Waals surface area contributed by atoms with E-state index in [1.165, 1.54) is 64.7 Å². The Bertz CT molecular complexity index is 1840. The Kier molecular flexibility index (Phi) is 12.2. The van der Waals surface area contributed by atoms with E-state index in [0.717, 1.165) is 9.87 Å². The molecule has 48 heavy (non-hydrogen) atoms. The summed E-state index contributed by atoms with van der Waals surface area (Å²) in [6, 6.07) is 23.9. The van der Waals surface area contributed by atoms with Gasteiger partial charge in [0.15, 0.2) is 11.5 Å². The predicted molar refractivity (Wildman–Crippen MR) is 184 cm³/mol. The number of carbonyl (C=O) groups is 2. The minimum Gasteiger partial charge on any atom is -0.497 e. The van der Waals surface area contributed by atoms with Crippen LogP contribution in [0.1, 0.15) is 11.1 Å². The van der Waals surface area contributed by atoms with Crippen molar-refractivity contribution in [1.29, 1.82) is 0 Å². The van der Waals surface area contributed by atoms with Crippen molar-refractivity contribution in [1.82, 2.24) is 10.2 Å². The number of hydrogen-bond acceptors (Lipinski definition) is 8. The summed E-state index contributed by atoms with van der Waals surface area (Å²) in [4.78, 5) is 29.3. The first-order chi connectivity index (χ1) is 23.1. The lowest BCUT2D eigenvalue weighted by Gasteiger charge is -2.34. The average molecular weight is 696 g/mol. The second-order valence-corrected chi connectivity index (χ2v) is 12.8. The number of halogens is 1. The molecule has 0 saturated heterocycles. The van der Waals surface area contributed by atoms with Gasteiger partial charge in [0.05, 0.1) is 39.0 Å². The number of methoxy groups -OCH3 is 4. The predicted octanol–water partition coefficient (Wildman–Crippen LogP) is 4.96. The number of ether oxygens (including phenoxy) is 4. The lowest BCUT2D eigenvalue weighted by molar-refractivity contribution is -0.139. The third-order valence-electron chi connectivity index (χ3n) is 7.64. The molecule has 0 aromatic heterocycles. The zero-order chi connectivity index (χ0) is 34.8. The van der Waals surface area contributed by atoms with Crippen molar-refractivity contribution in [2.45, 2.75) is 23.9 Å². The van der Waals surface area contributed by atoms with Crippen molar-refractivity contribution in [3.05, 3.63) is 107 Å². The van der Waals surface area contributed by atoms with E-state index in [9.17, 15) is 18.0 Å². The third-order valence-corrected chi connectivity index (χ3v) is 9.63. The molecule has 2 amide bonds. The largest absolute Gasteiger partial charge is 0.497 e. The number of rotatable bonds is 15. The maximum atomic E-state index is 14.6. The molecule has 4 aromatic rings. The highest BCUT2D eigenvalue weighted by Crippen LogP contribution is 2.38. The maximum Gasteiger partial charge on any atom is 0.265 e. The number of benzene rings is 4. The Morgan fingerprint density at radius 3 is 2.06 bits per heavy atom. The van der Waals surface area contributed by atoms with Crippen molar-refractivity contribution < 1.29 is 37.0 Å². The van der Waals surface area contributed by atoms with Crippen LogP contribution in [0.5, 0.6) is 23.0 Å². The molecule has 11 nitrogen and oxygen atoms in total. The van der Waals surface area contributed by atoms with Crippen LogP contribution in [0.3, 0.4) is 0 Å². The highest BCUT2D eigenvalue weighted by atomic mass is 35.5. The Hall–Kier alpha value is -4.94. The van der Waals surface area contributed by atoms with Gasteiger partial charge in [-0.3, -0.25) is 13.9 Å². The molecular formula is C35H38ClN3O8S. The molecule has 0 fully saturated rings. The molecule has 1 N–H and O–H groups in total. The van der Waals surface area contributed by atoms with E-state index >= 15 is 0 Å². The fourth-order valence-corrected chi connectivity index (χ4v) is 6.81. The molecule has 4 aromatic carbocycles. The maximum absolute atomic E-state index is 14.6. The molecule has 4 rings (SSSR count). The van der Waals surface area contributed by atoms with E-state index in [1.807, 2.05) is 30.3 Å². The summed E-state index contributed by atoms with van der Waals surface area (Å²) in [5.74, 6) is -0.0985. The van der Waals surface area contributed by atoms with E-state index in [2.05, 4.69) is 5.32 Å². The summed E-state index contributed by atoms with van der Waals surface area (Å²) in [6.45, 7) is -0.743. The van der Waals surface area contributed by atoms with Gasteiger partial charge in [0.2, 0.25) is 11.8 Å². The second kappa shape index (κ2) is 16.2. The monoisotopic (exact) mass is 695 g/mol. The van der Waals surface area contributed by atoms with Gasteiger partial charge in [0.25, 0.3) is 10.0 Å². The van der Waals surface area contributed by atoms with Crippen molar-refractivity contribution >= 4 is 39.1 Å². The minimum atomic E-state index is -4.49. The zero-order valence-corrected chi connectivity index (χ0v) is 28.9. The minimum absolute atomic E-state index is 0.0379. The molecular weight excluding hydrogens is 658 g/mol. The van der Waals surface area contributed by atoms with Gasteiger partial charge in [-0.25, -0.2) is 8.42 Å². The van der Waals surface area contributed by atoms with Crippen molar-refractivity contribution in [3.63, 3.8) is 0 Å². The summed E-state index contributed by atoms with van der Waals surface area (Å²) in [5.41, 5.74) is 1.49. The summed E-state index contributed by atoms with van der Waals surface area (Å²) in [7, 11) is 2.64. The topological polar surface area (TPSA) is 124 Å². The lowest BCUT2D eigenvalue weighted by Crippen LogP contribution is -2.53. The molecule has 0 aliphatic rings. The molecule has 0 unspecified atom stereocenters. The van der Waals surface area contributed by atoms with E-state index in [-0.39, 0.29) is 35.0 Å². The van der Waals surface area contributed by atoms with Crippen LogP contribution < -0.4 is 28.6 Å². The lowest BCUT2D eigenvalue weighted by atomic mass is 10.0. The van der Waals surface area contributed by atoms with Gasteiger partial charge in [-0.05, 0) is 47.5 Å². The van der Waals surface area contributed by atoms with Crippen LogP contribution in [0.15, 0.2) is 95.9 Å². The van der Waals surface area contributed by atoms with Crippen molar-refractivity contribution in [2.24, 2.45) is 0 Å². The number of carbonyl (C=O) groups excluding carboxylic acids is 2. The quantitative estimate of drug-likeness (QED) is 0.185. The van der Waals surface area contributed by atoms with E-state index in [0.29, 0.717) is 22.1 Å². The van der Waals surface area contributed by atoms with Gasteiger partial charge < -0.3 is 29.2 Å². The molecule has 0 spiro atoms. The van der Waals surface area contributed by atoms with Crippen molar-refractivity contribution in [3.8, 4) is 23.0 Å². The summed E-state index contributed by atoms with van der Waals surface area (Å²) in [5, 5.41) is 3.11. The van der Waals surface area contributed by atoms with Crippen LogP contribution in [-0.4, -0.2) is 73.2 Å². The molecule has 0 heterocycles.